The predicted molar refractivity (Wildman–Crippen MR) is 74.3 cm³/mol. The molecule has 2 N–H and O–H groups in total. The highest BCUT2D eigenvalue weighted by Gasteiger charge is 2.19. The molecule has 0 bridgehead atoms. The highest BCUT2D eigenvalue weighted by atomic mass is 35.5. The third kappa shape index (κ3) is 2.81. The number of rotatable bonds is 4. The summed E-state index contributed by atoms with van der Waals surface area (Å²) in [4.78, 5) is 0. The zero-order valence-electron chi connectivity index (χ0n) is 10.4. The minimum Gasteiger partial charge on any atom is -0.493 e. The maximum atomic E-state index is 6.20. The molecule has 0 saturated heterocycles. The highest BCUT2D eigenvalue weighted by molar-refractivity contribution is 6.31. The predicted octanol–water partition coefficient (Wildman–Crippen LogP) is 3.65. The van der Waals surface area contributed by atoms with Gasteiger partial charge in [-0.1, -0.05) is 11.6 Å². The molecule has 0 fully saturated rings. The van der Waals surface area contributed by atoms with Gasteiger partial charge in [0, 0.05) is 11.1 Å². The van der Waals surface area contributed by atoms with E-state index in [0.717, 1.165) is 0 Å². The Bertz CT molecular complexity index is 583. The first kappa shape index (κ1) is 14.1. The number of methoxy groups -OCH3 is 2. The van der Waals surface area contributed by atoms with Crippen LogP contribution in [0, 0.1) is 0 Å². The summed E-state index contributed by atoms with van der Waals surface area (Å²) < 4.78 is 15.7. The molecule has 19 heavy (non-hydrogen) atoms. The lowest BCUT2D eigenvalue weighted by molar-refractivity contribution is 0.354. The van der Waals surface area contributed by atoms with Gasteiger partial charge in [0.15, 0.2) is 16.7 Å². The first-order chi connectivity index (χ1) is 9.06. The lowest BCUT2D eigenvalue weighted by Crippen LogP contribution is -2.12. The van der Waals surface area contributed by atoms with Gasteiger partial charge < -0.3 is 19.6 Å². The first-order valence-corrected chi connectivity index (χ1v) is 6.24. The number of nitrogens with two attached hydrogens (primary N) is 1. The number of benzene rings is 1. The van der Waals surface area contributed by atoms with Gasteiger partial charge in [0.05, 0.1) is 20.3 Å². The van der Waals surface area contributed by atoms with Crippen molar-refractivity contribution in [2.24, 2.45) is 5.73 Å². The topological polar surface area (TPSA) is 57.6 Å². The van der Waals surface area contributed by atoms with Crippen molar-refractivity contribution in [2.75, 3.05) is 14.2 Å². The Morgan fingerprint density at radius 3 is 2.26 bits per heavy atom. The van der Waals surface area contributed by atoms with Crippen molar-refractivity contribution in [1.82, 2.24) is 0 Å². The van der Waals surface area contributed by atoms with Crippen LogP contribution in [0.1, 0.15) is 17.4 Å². The Hall–Kier alpha value is -1.36. The molecule has 102 valence electrons. The largest absolute Gasteiger partial charge is 0.493 e. The van der Waals surface area contributed by atoms with E-state index < -0.39 is 6.04 Å². The third-order valence-corrected chi connectivity index (χ3v) is 3.27. The van der Waals surface area contributed by atoms with Gasteiger partial charge in [-0.25, -0.2) is 0 Å². The van der Waals surface area contributed by atoms with Crippen LogP contribution in [-0.2, 0) is 0 Å². The van der Waals surface area contributed by atoms with E-state index in [0.29, 0.717) is 27.8 Å². The van der Waals surface area contributed by atoms with Crippen LogP contribution in [0.25, 0.3) is 0 Å². The molecule has 1 heterocycles. The quantitative estimate of drug-likeness (QED) is 0.936. The van der Waals surface area contributed by atoms with Gasteiger partial charge >= 0.3 is 0 Å². The summed E-state index contributed by atoms with van der Waals surface area (Å²) in [5.74, 6) is 1.62. The lowest BCUT2D eigenvalue weighted by atomic mass is 10.0. The molecule has 4 nitrogen and oxygen atoms in total. The van der Waals surface area contributed by atoms with E-state index in [4.69, 9.17) is 42.8 Å². The Balaban J connectivity index is 2.44. The van der Waals surface area contributed by atoms with Crippen LogP contribution >= 0.6 is 23.2 Å². The van der Waals surface area contributed by atoms with E-state index in [1.54, 1.807) is 38.5 Å². The Labute approximate surface area is 121 Å². The van der Waals surface area contributed by atoms with Gasteiger partial charge in [-0.05, 0) is 35.4 Å². The van der Waals surface area contributed by atoms with Crippen molar-refractivity contribution in [3.05, 3.63) is 45.8 Å². The SMILES string of the molecule is COc1cc(Cl)c(C(N)c2ccc(Cl)o2)cc1OC. The second-order valence-electron chi connectivity index (χ2n) is 3.85. The summed E-state index contributed by atoms with van der Waals surface area (Å²) >= 11 is 11.9. The van der Waals surface area contributed by atoms with Gasteiger partial charge in [-0.3, -0.25) is 0 Å². The summed E-state index contributed by atoms with van der Waals surface area (Å²) in [5.41, 5.74) is 6.78. The van der Waals surface area contributed by atoms with Gasteiger partial charge in [-0.15, -0.1) is 0 Å². The molecule has 0 saturated carbocycles. The van der Waals surface area contributed by atoms with Gasteiger partial charge in [0.1, 0.15) is 5.76 Å². The Morgan fingerprint density at radius 2 is 1.74 bits per heavy atom. The normalized spacial score (nSPS) is 12.3. The molecule has 2 aromatic rings. The number of hydrogen-bond donors (Lipinski definition) is 1. The summed E-state index contributed by atoms with van der Waals surface area (Å²) in [5, 5.41) is 0.750. The zero-order chi connectivity index (χ0) is 14.0. The fourth-order valence-electron chi connectivity index (χ4n) is 1.76. The van der Waals surface area contributed by atoms with E-state index in [9.17, 15) is 0 Å². The molecule has 0 spiro atoms. The maximum absolute atomic E-state index is 6.20. The molecule has 0 radical (unpaired) electrons. The van der Waals surface area contributed by atoms with Crippen LogP contribution in [0.15, 0.2) is 28.7 Å². The van der Waals surface area contributed by atoms with Crippen LogP contribution in [0.5, 0.6) is 11.5 Å². The summed E-state index contributed by atoms with van der Waals surface area (Å²) in [6.07, 6.45) is 0. The summed E-state index contributed by atoms with van der Waals surface area (Å²) in [6.45, 7) is 0. The Kier molecular flexibility index (Phi) is 4.24. The van der Waals surface area contributed by atoms with Crippen LogP contribution in [0.3, 0.4) is 0 Å². The molecule has 1 aromatic heterocycles. The van der Waals surface area contributed by atoms with Crippen LogP contribution in [-0.4, -0.2) is 14.2 Å². The van der Waals surface area contributed by atoms with E-state index in [-0.39, 0.29) is 5.22 Å². The molecular weight excluding hydrogens is 289 g/mol. The molecule has 6 heteroatoms. The van der Waals surface area contributed by atoms with Crippen LogP contribution in [0.2, 0.25) is 10.2 Å². The summed E-state index contributed by atoms with van der Waals surface area (Å²) in [6, 6.07) is 6.19. The molecule has 1 atom stereocenters. The number of furan rings is 1. The van der Waals surface area contributed by atoms with Crippen molar-refractivity contribution >= 4 is 23.2 Å². The molecular formula is C13H13Cl2NO3. The second-order valence-corrected chi connectivity index (χ2v) is 4.63. The number of hydrogen-bond acceptors (Lipinski definition) is 4. The van der Waals surface area contributed by atoms with E-state index in [1.807, 2.05) is 0 Å². The van der Waals surface area contributed by atoms with Crippen molar-refractivity contribution in [3.8, 4) is 11.5 Å². The minimum atomic E-state index is -0.528. The van der Waals surface area contributed by atoms with Crippen molar-refractivity contribution in [3.63, 3.8) is 0 Å². The number of halogens is 2. The monoisotopic (exact) mass is 301 g/mol. The molecule has 0 aliphatic rings. The second kappa shape index (κ2) is 5.74. The van der Waals surface area contributed by atoms with Gasteiger partial charge in [-0.2, -0.15) is 0 Å². The average molecular weight is 302 g/mol. The highest BCUT2D eigenvalue weighted by Crippen LogP contribution is 2.37. The molecule has 2 rings (SSSR count). The average Bonchev–Trinajstić information content (AvgIpc) is 2.84. The fourth-order valence-corrected chi connectivity index (χ4v) is 2.18. The molecule has 1 aromatic carbocycles. The molecule has 1 unspecified atom stereocenters. The van der Waals surface area contributed by atoms with Gasteiger partial charge in [0.25, 0.3) is 0 Å². The molecule has 0 aliphatic carbocycles. The number of ether oxygens (including phenoxy) is 2. The summed E-state index contributed by atoms with van der Waals surface area (Å²) in [7, 11) is 3.09. The van der Waals surface area contributed by atoms with E-state index in [1.165, 1.54) is 0 Å². The van der Waals surface area contributed by atoms with E-state index in [2.05, 4.69) is 0 Å². The lowest BCUT2D eigenvalue weighted by Gasteiger charge is -2.15. The third-order valence-electron chi connectivity index (χ3n) is 2.74. The molecule has 0 aliphatic heterocycles. The Morgan fingerprint density at radius 1 is 1.11 bits per heavy atom. The first-order valence-electron chi connectivity index (χ1n) is 5.49. The van der Waals surface area contributed by atoms with Crippen molar-refractivity contribution < 1.29 is 13.9 Å². The van der Waals surface area contributed by atoms with E-state index >= 15 is 0 Å². The molecule has 0 amide bonds. The van der Waals surface area contributed by atoms with Crippen LogP contribution < -0.4 is 15.2 Å². The van der Waals surface area contributed by atoms with Crippen molar-refractivity contribution in [1.29, 1.82) is 0 Å². The van der Waals surface area contributed by atoms with Gasteiger partial charge in [0.2, 0.25) is 0 Å². The van der Waals surface area contributed by atoms with Crippen LogP contribution in [0.4, 0.5) is 0 Å². The van der Waals surface area contributed by atoms with Crippen molar-refractivity contribution in [2.45, 2.75) is 6.04 Å². The zero-order valence-corrected chi connectivity index (χ0v) is 12.0. The minimum absolute atomic E-state index is 0.280. The smallest absolute Gasteiger partial charge is 0.193 e. The standard InChI is InChI=1S/C13H13Cl2NO3/c1-17-10-5-7(8(14)6-11(10)18-2)13(16)9-3-4-12(15)19-9/h3-6,13H,16H2,1-2H3. The fraction of sp³-hybridized carbons (Fsp3) is 0.231. The maximum Gasteiger partial charge on any atom is 0.193 e.